The summed E-state index contributed by atoms with van der Waals surface area (Å²) in [6.45, 7) is 3.44. The highest BCUT2D eigenvalue weighted by Gasteiger charge is 2.10. The molecule has 0 spiro atoms. The zero-order chi connectivity index (χ0) is 14.7. The van der Waals surface area contributed by atoms with E-state index in [1.165, 1.54) is 6.92 Å². The van der Waals surface area contributed by atoms with Crippen molar-refractivity contribution in [2.75, 3.05) is 0 Å². The average molecular weight is 333 g/mol. The van der Waals surface area contributed by atoms with Crippen LogP contribution in [0.4, 0.5) is 0 Å². The van der Waals surface area contributed by atoms with E-state index in [-0.39, 0.29) is 5.78 Å². The van der Waals surface area contributed by atoms with E-state index < -0.39 is 5.97 Å². The Hall–Kier alpha value is -1.94. The molecule has 0 amide bonds. The Kier molecular flexibility index (Phi) is 4.35. The maximum Gasteiger partial charge on any atom is 0.343 e. The molecule has 0 aliphatic rings. The summed E-state index contributed by atoms with van der Waals surface area (Å²) in [7, 11) is 0. The van der Waals surface area contributed by atoms with Crippen LogP contribution in [-0.4, -0.2) is 11.8 Å². The summed E-state index contributed by atoms with van der Waals surface area (Å²) >= 11 is 3.38. The van der Waals surface area contributed by atoms with E-state index in [0.29, 0.717) is 16.9 Å². The monoisotopic (exact) mass is 332 g/mol. The molecule has 4 heteroatoms. The maximum atomic E-state index is 12.0. The molecule has 0 aromatic heterocycles. The molecule has 0 fully saturated rings. The Labute approximate surface area is 125 Å². The van der Waals surface area contributed by atoms with Crippen molar-refractivity contribution in [2.24, 2.45) is 0 Å². The summed E-state index contributed by atoms with van der Waals surface area (Å²) in [5.74, 6) is -0.0386. The molecule has 102 valence electrons. The number of Topliss-reactive ketones (excluding diaryl/α,β-unsaturated/α-hetero) is 1. The van der Waals surface area contributed by atoms with E-state index in [1.54, 1.807) is 36.4 Å². The molecule has 0 atom stereocenters. The third kappa shape index (κ3) is 3.33. The predicted molar refractivity (Wildman–Crippen MR) is 80.3 cm³/mol. The first-order chi connectivity index (χ1) is 9.47. The van der Waals surface area contributed by atoms with Gasteiger partial charge in [0, 0.05) is 10.0 Å². The van der Waals surface area contributed by atoms with Crippen LogP contribution in [0.2, 0.25) is 0 Å². The summed E-state index contributed by atoms with van der Waals surface area (Å²) in [6.07, 6.45) is 0. The second-order valence-corrected chi connectivity index (χ2v) is 5.29. The van der Waals surface area contributed by atoms with Crippen molar-refractivity contribution in [2.45, 2.75) is 13.8 Å². The number of esters is 1. The fraction of sp³-hybridized carbons (Fsp3) is 0.125. The maximum absolute atomic E-state index is 12.0. The molecule has 0 bridgehead atoms. The first-order valence-corrected chi connectivity index (χ1v) is 6.86. The number of hydrogen-bond acceptors (Lipinski definition) is 3. The molecule has 0 aliphatic heterocycles. The van der Waals surface area contributed by atoms with Gasteiger partial charge in [-0.1, -0.05) is 22.0 Å². The molecule has 3 nitrogen and oxygen atoms in total. The number of hydrogen-bond donors (Lipinski definition) is 0. The summed E-state index contributed by atoms with van der Waals surface area (Å²) in [6, 6.07) is 11.8. The molecular formula is C16H13BrO3. The minimum absolute atomic E-state index is 0.0228. The molecule has 2 aromatic carbocycles. The molecule has 2 rings (SSSR count). The molecular weight excluding hydrogens is 320 g/mol. The molecule has 0 saturated heterocycles. The normalized spacial score (nSPS) is 10.2. The minimum atomic E-state index is -0.429. The number of halogens is 1. The highest BCUT2D eigenvalue weighted by molar-refractivity contribution is 9.10. The first kappa shape index (κ1) is 14.5. The SMILES string of the molecule is CC(=O)c1ccc(OC(=O)c2ccc(C)c(Br)c2)cc1. The van der Waals surface area contributed by atoms with Crippen LogP contribution in [0, 0.1) is 6.92 Å². The smallest absolute Gasteiger partial charge is 0.343 e. The van der Waals surface area contributed by atoms with Gasteiger partial charge < -0.3 is 4.74 Å². The van der Waals surface area contributed by atoms with Crippen molar-refractivity contribution >= 4 is 27.7 Å². The minimum Gasteiger partial charge on any atom is -0.423 e. The van der Waals surface area contributed by atoms with Crippen molar-refractivity contribution in [3.63, 3.8) is 0 Å². The average Bonchev–Trinajstić information content (AvgIpc) is 2.42. The fourth-order valence-electron chi connectivity index (χ4n) is 1.64. The van der Waals surface area contributed by atoms with Crippen LogP contribution in [0.1, 0.15) is 33.2 Å². The fourth-order valence-corrected chi connectivity index (χ4v) is 2.02. The lowest BCUT2D eigenvalue weighted by molar-refractivity contribution is 0.0734. The topological polar surface area (TPSA) is 43.4 Å². The van der Waals surface area contributed by atoms with Crippen molar-refractivity contribution in [1.82, 2.24) is 0 Å². The number of aryl methyl sites for hydroxylation is 1. The number of benzene rings is 2. The van der Waals surface area contributed by atoms with Crippen LogP contribution in [-0.2, 0) is 0 Å². The van der Waals surface area contributed by atoms with Crippen LogP contribution in [0.15, 0.2) is 46.9 Å². The lowest BCUT2D eigenvalue weighted by atomic mass is 10.1. The van der Waals surface area contributed by atoms with Crippen molar-refractivity contribution in [3.8, 4) is 5.75 Å². The van der Waals surface area contributed by atoms with Crippen LogP contribution >= 0.6 is 15.9 Å². The van der Waals surface area contributed by atoms with Gasteiger partial charge in [0.15, 0.2) is 5.78 Å². The molecule has 0 heterocycles. The van der Waals surface area contributed by atoms with Gasteiger partial charge in [0.05, 0.1) is 5.56 Å². The van der Waals surface area contributed by atoms with Crippen LogP contribution < -0.4 is 4.74 Å². The Morgan fingerprint density at radius 3 is 2.15 bits per heavy atom. The van der Waals surface area contributed by atoms with E-state index in [4.69, 9.17) is 4.74 Å². The Morgan fingerprint density at radius 1 is 1.00 bits per heavy atom. The van der Waals surface area contributed by atoms with Crippen LogP contribution in [0.5, 0.6) is 5.75 Å². The lowest BCUT2D eigenvalue weighted by Gasteiger charge is -2.06. The van der Waals surface area contributed by atoms with Gasteiger partial charge in [-0.2, -0.15) is 0 Å². The van der Waals surface area contributed by atoms with Gasteiger partial charge in [-0.05, 0) is 55.8 Å². The quantitative estimate of drug-likeness (QED) is 0.481. The van der Waals surface area contributed by atoms with Gasteiger partial charge in [-0.25, -0.2) is 4.79 Å². The van der Waals surface area contributed by atoms with Crippen molar-refractivity contribution < 1.29 is 14.3 Å². The number of ketones is 1. The van der Waals surface area contributed by atoms with Crippen LogP contribution in [0.3, 0.4) is 0 Å². The van der Waals surface area contributed by atoms with Gasteiger partial charge >= 0.3 is 5.97 Å². The predicted octanol–water partition coefficient (Wildman–Crippen LogP) is 4.18. The Bertz CT molecular complexity index is 660. The third-order valence-corrected chi connectivity index (χ3v) is 3.73. The Morgan fingerprint density at radius 2 is 1.60 bits per heavy atom. The Balaban J connectivity index is 2.14. The van der Waals surface area contributed by atoms with E-state index in [9.17, 15) is 9.59 Å². The van der Waals surface area contributed by atoms with Crippen molar-refractivity contribution in [3.05, 3.63) is 63.6 Å². The number of carbonyl (C=O) groups is 2. The first-order valence-electron chi connectivity index (χ1n) is 6.06. The zero-order valence-corrected chi connectivity index (χ0v) is 12.7. The largest absolute Gasteiger partial charge is 0.423 e. The van der Waals surface area contributed by atoms with Gasteiger partial charge in [-0.15, -0.1) is 0 Å². The molecule has 0 aliphatic carbocycles. The zero-order valence-electron chi connectivity index (χ0n) is 11.1. The second-order valence-electron chi connectivity index (χ2n) is 4.43. The van der Waals surface area contributed by atoms with Gasteiger partial charge in [-0.3, -0.25) is 4.79 Å². The lowest BCUT2D eigenvalue weighted by Crippen LogP contribution is -2.08. The highest BCUT2D eigenvalue weighted by Crippen LogP contribution is 2.19. The van der Waals surface area contributed by atoms with E-state index in [2.05, 4.69) is 15.9 Å². The molecule has 2 aromatic rings. The molecule has 0 N–H and O–H groups in total. The second kappa shape index (κ2) is 6.01. The third-order valence-electron chi connectivity index (χ3n) is 2.88. The molecule has 0 unspecified atom stereocenters. The number of ether oxygens (including phenoxy) is 1. The summed E-state index contributed by atoms with van der Waals surface area (Å²) < 4.78 is 6.12. The van der Waals surface area contributed by atoms with E-state index in [1.807, 2.05) is 13.0 Å². The molecule has 20 heavy (non-hydrogen) atoms. The van der Waals surface area contributed by atoms with Gasteiger partial charge in [0.25, 0.3) is 0 Å². The number of carbonyl (C=O) groups excluding carboxylic acids is 2. The summed E-state index contributed by atoms with van der Waals surface area (Å²) in [5, 5.41) is 0. The van der Waals surface area contributed by atoms with E-state index >= 15 is 0 Å². The number of rotatable bonds is 3. The van der Waals surface area contributed by atoms with E-state index in [0.717, 1.165) is 10.0 Å². The van der Waals surface area contributed by atoms with Gasteiger partial charge in [0.2, 0.25) is 0 Å². The molecule has 0 saturated carbocycles. The van der Waals surface area contributed by atoms with Crippen molar-refractivity contribution in [1.29, 1.82) is 0 Å². The summed E-state index contributed by atoms with van der Waals surface area (Å²) in [4.78, 5) is 23.1. The summed E-state index contributed by atoms with van der Waals surface area (Å²) in [5.41, 5.74) is 2.10. The van der Waals surface area contributed by atoms with Crippen LogP contribution in [0.25, 0.3) is 0 Å². The standard InChI is InChI=1S/C16H13BrO3/c1-10-3-4-13(9-15(10)17)16(19)20-14-7-5-12(6-8-14)11(2)18/h3-9H,1-2H3. The molecule has 0 radical (unpaired) electrons. The highest BCUT2D eigenvalue weighted by atomic mass is 79.9. The van der Waals surface area contributed by atoms with Gasteiger partial charge in [0.1, 0.15) is 5.75 Å².